The van der Waals surface area contributed by atoms with E-state index in [2.05, 4.69) is 5.32 Å². The lowest BCUT2D eigenvalue weighted by Gasteiger charge is -2.16. The Labute approximate surface area is 145 Å². The molecule has 0 spiro atoms. The Morgan fingerprint density at radius 1 is 1.17 bits per heavy atom. The van der Waals surface area contributed by atoms with Crippen LogP contribution in [0.25, 0.3) is 0 Å². The summed E-state index contributed by atoms with van der Waals surface area (Å²) in [4.78, 5) is 12.1. The first kappa shape index (κ1) is 17.4. The van der Waals surface area contributed by atoms with Gasteiger partial charge in [0.05, 0.1) is 28.8 Å². The molecule has 2 aromatic carbocycles. The van der Waals surface area contributed by atoms with Gasteiger partial charge in [0, 0.05) is 6.07 Å². The van der Waals surface area contributed by atoms with E-state index in [1.807, 2.05) is 6.92 Å². The molecule has 4 nitrogen and oxygen atoms in total. The average molecular weight is 354 g/mol. The fourth-order valence-corrected chi connectivity index (χ4v) is 2.36. The van der Waals surface area contributed by atoms with E-state index in [1.165, 1.54) is 7.11 Å². The van der Waals surface area contributed by atoms with Crippen molar-refractivity contribution in [2.24, 2.45) is 0 Å². The Morgan fingerprint density at radius 2 is 1.91 bits per heavy atom. The third kappa shape index (κ3) is 4.78. The molecule has 1 unspecified atom stereocenters. The summed E-state index contributed by atoms with van der Waals surface area (Å²) in [6.07, 6.45) is 0. The maximum Gasteiger partial charge on any atom is 0.253 e. The predicted octanol–water partition coefficient (Wildman–Crippen LogP) is 4.20. The molecule has 1 amide bonds. The summed E-state index contributed by atoms with van der Waals surface area (Å²) in [5, 5.41) is 3.77. The van der Waals surface area contributed by atoms with Gasteiger partial charge in [0.1, 0.15) is 18.1 Å². The van der Waals surface area contributed by atoms with Crippen molar-refractivity contribution in [3.63, 3.8) is 0 Å². The molecule has 122 valence electrons. The molecule has 0 aliphatic rings. The lowest BCUT2D eigenvalue weighted by Crippen LogP contribution is -2.36. The summed E-state index contributed by atoms with van der Waals surface area (Å²) in [6, 6.07) is 11.8. The van der Waals surface area contributed by atoms with Gasteiger partial charge in [0.15, 0.2) is 0 Å². The van der Waals surface area contributed by atoms with Crippen LogP contribution in [-0.2, 0) is 0 Å². The highest BCUT2D eigenvalue weighted by atomic mass is 35.5. The van der Waals surface area contributed by atoms with Crippen LogP contribution in [0.3, 0.4) is 0 Å². The summed E-state index contributed by atoms with van der Waals surface area (Å²) < 4.78 is 10.8. The van der Waals surface area contributed by atoms with Gasteiger partial charge in [-0.2, -0.15) is 0 Å². The van der Waals surface area contributed by atoms with Crippen LogP contribution in [0.15, 0.2) is 42.5 Å². The van der Waals surface area contributed by atoms with E-state index >= 15 is 0 Å². The first-order valence-electron chi connectivity index (χ1n) is 7.03. The molecule has 6 heteroatoms. The van der Waals surface area contributed by atoms with Crippen LogP contribution in [0.1, 0.15) is 17.3 Å². The fraction of sp³-hybridized carbons (Fsp3) is 0.235. The molecular formula is C17H17Cl2NO3. The number of carbonyl (C=O) groups is 1. The number of methoxy groups -OCH3 is 1. The van der Waals surface area contributed by atoms with Crippen molar-refractivity contribution in [3.05, 3.63) is 58.1 Å². The number of hydrogen-bond donors (Lipinski definition) is 1. The summed E-state index contributed by atoms with van der Waals surface area (Å²) in [5.41, 5.74) is 0.439. The Bertz CT molecular complexity index is 691. The van der Waals surface area contributed by atoms with E-state index in [0.717, 1.165) is 0 Å². The topological polar surface area (TPSA) is 47.6 Å². The number of rotatable bonds is 6. The zero-order valence-electron chi connectivity index (χ0n) is 12.8. The molecule has 1 atom stereocenters. The predicted molar refractivity (Wildman–Crippen MR) is 91.9 cm³/mol. The first-order chi connectivity index (χ1) is 11.0. The van der Waals surface area contributed by atoms with Gasteiger partial charge in [-0.05, 0) is 31.2 Å². The molecule has 0 aromatic heterocycles. The summed E-state index contributed by atoms with van der Waals surface area (Å²) in [5.74, 6) is 0.919. The number of ether oxygens (including phenoxy) is 2. The van der Waals surface area contributed by atoms with Crippen molar-refractivity contribution in [3.8, 4) is 11.5 Å². The van der Waals surface area contributed by atoms with Gasteiger partial charge in [-0.25, -0.2) is 0 Å². The molecule has 1 N–H and O–H groups in total. The Hall–Kier alpha value is -1.91. The summed E-state index contributed by atoms with van der Waals surface area (Å²) in [6.45, 7) is 2.16. The molecule has 23 heavy (non-hydrogen) atoms. The molecule has 2 rings (SSSR count). The van der Waals surface area contributed by atoms with Crippen LogP contribution in [0.5, 0.6) is 11.5 Å². The van der Waals surface area contributed by atoms with E-state index in [4.69, 9.17) is 32.7 Å². The van der Waals surface area contributed by atoms with Gasteiger partial charge in [-0.15, -0.1) is 0 Å². The van der Waals surface area contributed by atoms with Crippen LogP contribution in [-0.4, -0.2) is 25.7 Å². The van der Waals surface area contributed by atoms with E-state index in [1.54, 1.807) is 42.5 Å². The van der Waals surface area contributed by atoms with Crippen LogP contribution < -0.4 is 14.8 Å². The molecule has 0 saturated heterocycles. The van der Waals surface area contributed by atoms with Gasteiger partial charge in [0.25, 0.3) is 5.91 Å². The molecule has 0 saturated carbocycles. The number of hydrogen-bond acceptors (Lipinski definition) is 3. The second-order valence-corrected chi connectivity index (χ2v) is 5.78. The highest BCUT2D eigenvalue weighted by Crippen LogP contribution is 2.28. The van der Waals surface area contributed by atoms with Crippen LogP contribution in [0, 0.1) is 0 Å². The standard InChI is InChI=1S/C17H17Cl2NO3/c1-11(20-17(21)13-5-3-4-6-14(13)18)10-23-12-7-8-15(19)16(9-12)22-2/h3-9,11H,10H2,1-2H3,(H,20,21). The van der Waals surface area contributed by atoms with Gasteiger partial charge in [-0.3, -0.25) is 4.79 Å². The van der Waals surface area contributed by atoms with Gasteiger partial charge >= 0.3 is 0 Å². The third-order valence-electron chi connectivity index (χ3n) is 3.12. The fourth-order valence-electron chi connectivity index (χ4n) is 1.94. The van der Waals surface area contributed by atoms with Crippen LogP contribution in [0.2, 0.25) is 10.0 Å². The van der Waals surface area contributed by atoms with E-state index in [9.17, 15) is 4.79 Å². The second-order valence-electron chi connectivity index (χ2n) is 4.96. The van der Waals surface area contributed by atoms with Crippen molar-refractivity contribution in [1.29, 1.82) is 0 Å². The molecule has 0 aliphatic heterocycles. The zero-order chi connectivity index (χ0) is 16.8. The highest BCUT2D eigenvalue weighted by Gasteiger charge is 2.13. The van der Waals surface area contributed by atoms with Crippen molar-refractivity contribution in [2.45, 2.75) is 13.0 Å². The van der Waals surface area contributed by atoms with Crippen molar-refractivity contribution in [2.75, 3.05) is 13.7 Å². The Balaban J connectivity index is 1.91. The molecular weight excluding hydrogens is 337 g/mol. The van der Waals surface area contributed by atoms with Crippen molar-refractivity contribution in [1.82, 2.24) is 5.32 Å². The van der Waals surface area contributed by atoms with E-state index in [0.29, 0.717) is 33.7 Å². The minimum absolute atomic E-state index is 0.194. The monoisotopic (exact) mass is 353 g/mol. The van der Waals surface area contributed by atoms with Gasteiger partial charge in [0.2, 0.25) is 0 Å². The third-order valence-corrected chi connectivity index (χ3v) is 3.76. The van der Waals surface area contributed by atoms with Crippen LogP contribution >= 0.6 is 23.2 Å². The number of carbonyl (C=O) groups excluding carboxylic acids is 1. The molecule has 0 heterocycles. The maximum absolute atomic E-state index is 12.1. The average Bonchev–Trinajstić information content (AvgIpc) is 2.54. The highest BCUT2D eigenvalue weighted by molar-refractivity contribution is 6.33. The minimum Gasteiger partial charge on any atom is -0.495 e. The molecule has 0 radical (unpaired) electrons. The summed E-state index contributed by atoms with van der Waals surface area (Å²) in [7, 11) is 1.54. The zero-order valence-corrected chi connectivity index (χ0v) is 14.3. The smallest absolute Gasteiger partial charge is 0.253 e. The van der Waals surface area contributed by atoms with Gasteiger partial charge < -0.3 is 14.8 Å². The first-order valence-corrected chi connectivity index (χ1v) is 7.78. The number of benzene rings is 2. The molecule has 2 aromatic rings. The lowest BCUT2D eigenvalue weighted by atomic mass is 10.2. The van der Waals surface area contributed by atoms with Gasteiger partial charge in [-0.1, -0.05) is 35.3 Å². The number of nitrogens with one attached hydrogen (secondary N) is 1. The van der Waals surface area contributed by atoms with Crippen molar-refractivity contribution >= 4 is 29.1 Å². The number of halogens is 2. The SMILES string of the molecule is COc1cc(OCC(C)NC(=O)c2ccccc2Cl)ccc1Cl. The normalized spacial score (nSPS) is 11.7. The largest absolute Gasteiger partial charge is 0.495 e. The van der Waals surface area contributed by atoms with Crippen LogP contribution in [0.4, 0.5) is 0 Å². The van der Waals surface area contributed by atoms with E-state index < -0.39 is 0 Å². The molecule has 0 aliphatic carbocycles. The Kier molecular flexibility index (Phi) is 6.13. The second kappa shape index (κ2) is 8.09. The Morgan fingerprint density at radius 3 is 2.61 bits per heavy atom. The lowest BCUT2D eigenvalue weighted by molar-refractivity contribution is 0.0927. The maximum atomic E-state index is 12.1. The van der Waals surface area contributed by atoms with Crippen molar-refractivity contribution < 1.29 is 14.3 Å². The quantitative estimate of drug-likeness (QED) is 0.846. The molecule has 0 bridgehead atoms. The number of amides is 1. The minimum atomic E-state index is -0.236. The molecule has 0 fully saturated rings. The summed E-state index contributed by atoms with van der Waals surface area (Å²) >= 11 is 12.0. The van der Waals surface area contributed by atoms with E-state index in [-0.39, 0.29) is 11.9 Å².